The molecule has 20 heavy (non-hydrogen) atoms. The SMILES string of the molecule is COC(=O)c1cc(CN2CCOC(C(C)N)C2)oc1C. The molecule has 6 heteroatoms. The Kier molecular flexibility index (Phi) is 4.80. The van der Waals surface area contributed by atoms with E-state index < -0.39 is 0 Å². The molecule has 1 aliphatic heterocycles. The molecule has 1 aromatic heterocycles. The minimum Gasteiger partial charge on any atom is -0.465 e. The molecule has 2 heterocycles. The number of aryl methyl sites for hydroxylation is 1. The fourth-order valence-corrected chi connectivity index (χ4v) is 2.35. The van der Waals surface area contributed by atoms with Crippen LogP contribution in [0.1, 0.15) is 28.8 Å². The van der Waals surface area contributed by atoms with E-state index in [1.807, 2.05) is 6.92 Å². The van der Waals surface area contributed by atoms with Crippen molar-refractivity contribution in [2.45, 2.75) is 32.5 Å². The smallest absolute Gasteiger partial charge is 0.341 e. The first-order chi connectivity index (χ1) is 9.51. The van der Waals surface area contributed by atoms with Gasteiger partial charge in [0.05, 0.1) is 26.4 Å². The van der Waals surface area contributed by atoms with Crippen molar-refractivity contribution in [3.63, 3.8) is 0 Å². The Morgan fingerprint density at radius 1 is 1.65 bits per heavy atom. The van der Waals surface area contributed by atoms with Crippen LogP contribution in [-0.4, -0.2) is 49.8 Å². The van der Waals surface area contributed by atoms with Crippen LogP contribution in [0.25, 0.3) is 0 Å². The van der Waals surface area contributed by atoms with Crippen molar-refractivity contribution >= 4 is 5.97 Å². The lowest BCUT2D eigenvalue weighted by atomic mass is 10.1. The van der Waals surface area contributed by atoms with Crippen LogP contribution < -0.4 is 5.73 Å². The van der Waals surface area contributed by atoms with Gasteiger partial charge in [-0.05, 0) is 19.9 Å². The second kappa shape index (κ2) is 6.39. The van der Waals surface area contributed by atoms with Crippen molar-refractivity contribution in [3.8, 4) is 0 Å². The van der Waals surface area contributed by atoms with Gasteiger partial charge in [0, 0.05) is 19.1 Å². The van der Waals surface area contributed by atoms with Crippen LogP contribution >= 0.6 is 0 Å². The summed E-state index contributed by atoms with van der Waals surface area (Å²) in [6, 6.07) is 1.75. The molecule has 112 valence electrons. The number of hydrogen-bond acceptors (Lipinski definition) is 6. The van der Waals surface area contributed by atoms with Gasteiger partial charge >= 0.3 is 5.97 Å². The molecular weight excluding hydrogens is 260 g/mol. The molecule has 1 saturated heterocycles. The van der Waals surface area contributed by atoms with Crippen molar-refractivity contribution in [1.82, 2.24) is 4.90 Å². The van der Waals surface area contributed by atoms with Crippen molar-refractivity contribution in [3.05, 3.63) is 23.2 Å². The Balaban J connectivity index is 2.01. The molecule has 0 amide bonds. The van der Waals surface area contributed by atoms with Gasteiger partial charge in [0.2, 0.25) is 0 Å². The summed E-state index contributed by atoms with van der Waals surface area (Å²) >= 11 is 0. The molecule has 0 spiro atoms. The summed E-state index contributed by atoms with van der Waals surface area (Å²) in [4.78, 5) is 13.8. The van der Waals surface area contributed by atoms with Gasteiger partial charge in [-0.2, -0.15) is 0 Å². The van der Waals surface area contributed by atoms with Gasteiger partial charge in [0.25, 0.3) is 0 Å². The molecule has 1 aromatic rings. The summed E-state index contributed by atoms with van der Waals surface area (Å²) in [5, 5.41) is 0. The first-order valence-electron chi connectivity index (χ1n) is 6.78. The van der Waals surface area contributed by atoms with Crippen molar-refractivity contribution in [2.24, 2.45) is 5.73 Å². The minimum atomic E-state index is -0.368. The maximum Gasteiger partial charge on any atom is 0.341 e. The third kappa shape index (κ3) is 3.39. The fourth-order valence-electron chi connectivity index (χ4n) is 2.35. The van der Waals surface area contributed by atoms with E-state index in [1.54, 1.807) is 13.0 Å². The number of furan rings is 1. The lowest BCUT2D eigenvalue weighted by Gasteiger charge is -2.34. The average molecular weight is 282 g/mol. The lowest BCUT2D eigenvalue weighted by Crippen LogP contribution is -2.49. The Labute approximate surface area is 118 Å². The Bertz CT molecular complexity index is 470. The topological polar surface area (TPSA) is 77.9 Å². The van der Waals surface area contributed by atoms with Gasteiger partial charge in [-0.15, -0.1) is 0 Å². The van der Waals surface area contributed by atoms with E-state index in [0.29, 0.717) is 24.5 Å². The highest BCUT2D eigenvalue weighted by molar-refractivity contribution is 5.90. The highest BCUT2D eigenvalue weighted by Crippen LogP contribution is 2.19. The average Bonchev–Trinajstić information content (AvgIpc) is 2.79. The minimum absolute atomic E-state index is 0.00164. The maximum absolute atomic E-state index is 11.5. The molecule has 6 nitrogen and oxygen atoms in total. The predicted octanol–water partition coefficient (Wildman–Crippen LogP) is 0.923. The van der Waals surface area contributed by atoms with Crippen molar-refractivity contribution < 1.29 is 18.7 Å². The number of esters is 1. The van der Waals surface area contributed by atoms with Gasteiger partial charge in [-0.1, -0.05) is 0 Å². The van der Waals surface area contributed by atoms with Crippen molar-refractivity contribution in [1.29, 1.82) is 0 Å². The molecule has 2 atom stereocenters. The van der Waals surface area contributed by atoms with E-state index in [1.165, 1.54) is 7.11 Å². The maximum atomic E-state index is 11.5. The number of nitrogens with zero attached hydrogens (tertiary/aromatic N) is 1. The number of rotatable bonds is 4. The molecule has 0 bridgehead atoms. The van der Waals surface area contributed by atoms with Gasteiger partial charge in [-0.25, -0.2) is 4.79 Å². The van der Waals surface area contributed by atoms with Gasteiger partial charge in [0.15, 0.2) is 0 Å². The van der Waals surface area contributed by atoms with Gasteiger partial charge in [0.1, 0.15) is 17.1 Å². The Morgan fingerprint density at radius 2 is 2.40 bits per heavy atom. The van der Waals surface area contributed by atoms with Gasteiger partial charge < -0.3 is 19.6 Å². The third-order valence-corrected chi connectivity index (χ3v) is 3.52. The number of hydrogen-bond donors (Lipinski definition) is 1. The second-order valence-electron chi connectivity index (χ2n) is 5.18. The summed E-state index contributed by atoms with van der Waals surface area (Å²) in [5.74, 6) is 0.977. The van der Waals surface area contributed by atoms with Crippen LogP contribution in [0.5, 0.6) is 0 Å². The van der Waals surface area contributed by atoms with E-state index in [4.69, 9.17) is 19.6 Å². The molecule has 2 unspecified atom stereocenters. The van der Waals surface area contributed by atoms with Crippen LogP contribution in [0.3, 0.4) is 0 Å². The lowest BCUT2D eigenvalue weighted by molar-refractivity contribution is -0.0420. The molecular formula is C14H22N2O4. The van der Waals surface area contributed by atoms with Crippen LogP contribution in [0.15, 0.2) is 10.5 Å². The van der Waals surface area contributed by atoms with Crippen LogP contribution in [0.4, 0.5) is 0 Å². The number of methoxy groups -OCH3 is 1. The molecule has 1 fully saturated rings. The molecule has 0 saturated carbocycles. The summed E-state index contributed by atoms with van der Waals surface area (Å²) in [6.07, 6.45) is 0.0416. The quantitative estimate of drug-likeness (QED) is 0.828. The first-order valence-corrected chi connectivity index (χ1v) is 6.78. The predicted molar refractivity (Wildman–Crippen MR) is 73.5 cm³/mol. The molecule has 0 aromatic carbocycles. The first kappa shape index (κ1) is 15.0. The molecule has 2 N–H and O–H groups in total. The number of morpholine rings is 1. The zero-order chi connectivity index (χ0) is 14.7. The zero-order valence-electron chi connectivity index (χ0n) is 12.2. The van der Waals surface area contributed by atoms with Crippen molar-refractivity contribution in [2.75, 3.05) is 26.8 Å². The summed E-state index contributed by atoms with van der Waals surface area (Å²) in [5.41, 5.74) is 6.36. The molecule has 1 aliphatic rings. The third-order valence-electron chi connectivity index (χ3n) is 3.52. The normalized spacial score (nSPS) is 21.7. The Hall–Kier alpha value is -1.37. The highest BCUT2D eigenvalue weighted by atomic mass is 16.5. The summed E-state index contributed by atoms with van der Waals surface area (Å²) in [7, 11) is 1.36. The molecule has 0 aliphatic carbocycles. The standard InChI is InChI=1S/C14H22N2O4/c1-9(15)13-8-16(4-5-19-13)7-11-6-12(10(2)20-11)14(17)18-3/h6,9,13H,4-5,7-8,15H2,1-3H3. The molecule has 0 radical (unpaired) electrons. The van der Waals surface area contributed by atoms with E-state index in [2.05, 4.69) is 4.90 Å². The number of carbonyl (C=O) groups excluding carboxylic acids is 1. The Morgan fingerprint density at radius 3 is 3.05 bits per heavy atom. The number of nitrogens with two attached hydrogens (primary N) is 1. The van der Waals surface area contributed by atoms with Crippen LogP contribution in [0, 0.1) is 6.92 Å². The largest absolute Gasteiger partial charge is 0.465 e. The van der Waals surface area contributed by atoms with Gasteiger partial charge in [-0.3, -0.25) is 4.90 Å². The van der Waals surface area contributed by atoms with Crippen LogP contribution in [0.2, 0.25) is 0 Å². The summed E-state index contributed by atoms with van der Waals surface area (Å²) in [6.45, 7) is 6.61. The number of ether oxygens (including phenoxy) is 2. The highest BCUT2D eigenvalue weighted by Gasteiger charge is 2.25. The monoisotopic (exact) mass is 282 g/mol. The van der Waals surface area contributed by atoms with Crippen LogP contribution in [-0.2, 0) is 16.0 Å². The van der Waals surface area contributed by atoms with E-state index in [9.17, 15) is 4.79 Å². The molecule has 2 rings (SSSR count). The zero-order valence-corrected chi connectivity index (χ0v) is 12.2. The van der Waals surface area contributed by atoms with E-state index >= 15 is 0 Å². The van der Waals surface area contributed by atoms with E-state index in [0.717, 1.165) is 18.8 Å². The summed E-state index contributed by atoms with van der Waals surface area (Å²) < 4.78 is 16.0. The fraction of sp³-hybridized carbons (Fsp3) is 0.643. The number of carbonyl (C=O) groups is 1. The van der Waals surface area contributed by atoms with E-state index in [-0.39, 0.29) is 18.1 Å². The second-order valence-corrected chi connectivity index (χ2v) is 5.18.